The van der Waals surface area contributed by atoms with Crippen molar-refractivity contribution in [3.8, 4) is 11.1 Å². The second kappa shape index (κ2) is 9.12. The second-order valence-corrected chi connectivity index (χ2v) is 8.00. The summed E-state index contributed by atoms with van der Waals surface area (Å²) >= 11 is 1.02. The number of nitrogens with one attached hydrogen (secondary N) is 1. The first-order valence-electron chi connectivity index (χ1n) is 9.11. The molecule has 1 N–H and O–H groups in total. The zero-order valence-corrected chi connectivity index (χ0v) is 16.8. The van der Waals surface area contributed by atoms with Crippen molar-refractivity contribution in [3.05, 3.63) is 12.1 Å². The van der Waals surface area contributed by atoms with Gasteiger partial charge in [-0.15, -0.1) is 0 Å². The first kappa shape index (κ1) is 21.6. The van der Waals surface area contributed by atoms with Crippen LogP contribution in [0.4, 0.5) is 13.2 Å². The van der Waals surface area contributed by atoms with E-state index < -0.39 is 18.7 Å². The van der Waals surface area contributed by atoms with E-state index in [0.717, 1.165) is 11.3 Å². The van der Waals surface area contributed by atoms with Gasteiger partial charge in [0.2, 0.25) is 11.8 Å². The number of amides is 1. The highest BCUT2D eigenvalue weighted by molar-refractivity contribution is 7.19. The first-order chi connectivity index (χ1) is 13.7. The molecule has 0 unspecified atom stereocenters. The van der Waals surface area contributed by atoms with Gasteiger partial charge >= 0.3 is 0 Å². The topological polar surface area (TPSA) is 82.6 Å². The smallest absolute Gasteiger partial charge is 0.276 e. The van der Waals surface area contributed by atoms with Gasteiger partial charge in [-0.3, -0.25) is 4.79 Å². The number of fused-ring (bicyclic) bond motifs is 1. The molecule has 160 valence electrons. The number of aromatic nitrogens is 2. The van der Waals surface area contributed by atoms with Gasteiger partial charge in [0, 0.05) is 31.9 Å². The highest BCUT2D eigenvalue weighted by Gasteiger charge is 2.46. The number of alkyl halides is 3. The minimum atomic E-state index is -2.58. The summed E-state index contributed by atoms with van der Waals surface area (Å²) in [7, 11) is 0. The molecule has 7 nitrogen and oxygen atoms in total. The average molecular weight is 433 g/mol. The average Bonchev–Trinajstić information content (AvgIpc) is 3.02. The van der Waals surface area contributed by atoms with Gasteiger partial charge in [0.25, 0.3) is 11.6 Å². The van der Waals surface area contributed by atoms with Gasteiger partial charge in [0.05, 0.1) is 12.7 Å². The fourth-order valence-electron chi connectivity index (χ4n) is 2.92. The minimum Gasteiger partial charge on any atom is -0.474 e. The van der Waals surface area contributed by atoms with Crippen molar-refractivity contribution in [3.63, 3.8) is 0 Å². The number of halogens is 3. The van der Waals surface area contributed by atoms with Gasteiger partial charge in [0.1, 0.15) is 17.8 Å². The molecule has 1 atom stereocenters. The zero-order valence-electron chi connectivity index (χ0n) is 16.0. The molecule has 2 aromatic heterocycles. The molecule has 1 fully saturated rings. The van der Waals surface area contributed by atoms with Crippen LogP contribution in [0.3, 0.4) is 0 Å². The molecule has 1 amide bonds. The fourth-order valence-corrected chi connectivity index (χ4v) is 3.71. The summed E-state index contributed by atoms with van der Waals surface area (Å²) in [5.74, 6) is 0.0864. The van der Waals surface area contributed by atoms with E-state index in [1.165, 1.54) is 6.92 Å². The van der Waals surface area contributed by atoms with E-state index in [2.05, 4.69) is 15.3 Å². The molecule has 3 rings (SSSR count). The summed E-state index contributed by atoms with van der Waals surface area (Å²) in [6, 6.07) is 3.03. The quantitative estimate of drug-likeness (QED) is 0.620. The Morgan fingerprint density at radius 3 is 2.76 bits per heavy atom. The third-order valence-corrected chi connectivity index (χ3v) is 5.12. The van der Waals surface area contributed by atoms with Crippen LogP contribution >= 0.6 is 11.3 Å². The van der Waals surface area contributed by atoms with Gasteiger partial charge in [-0.1, -0.05) is 11.3 Å². The predicted molar refractivity (Wildman–Crippen MR) is 101 cm³/mol. The lowest BCUT2D eigenvalue weighted by atomic mass is 9.79. The molecule has 0 aliphatic heterocycles. The van der Waals surface area contributed by atoms with Crippen molar-refractivity contribution in [2.45, 2.75) is 50.9 Å². The maximum Gasteiger partial charge on any atom is 0.276 e. The number of pyridine rings is 1. The lowest BCUT2D eigenvalue weighted by Crippen LogP contribution is -2.50. The van der Waals surface area contributed by atoms with E-state index in [-0.39, 0.29) is 48.6 Å². The Bertz CT molecular complexity index is 845. The van der Waals surface area contributed by atoms with Crippen molar-refractivity contribution in [1.29, 1.82) is 0 Å². The number of nitrogens with zero attached hydrogens (tertiary/aromatic N) is 2. The molecule has 0 bridgehead atoms. The molecule has 2 aromatic rings. The molecular formula is C18H22F3N3O4S. The number of hydrogen-bond acceptors (Lipinski definition) is 7. The van der Waals surface area contributed by atoms with E-state index in [1.807, 2.05) is 6.92 Å². The van der Waals surface area contributed by atoms with Crippen LogP contribution in [0.25, 0.3) is 10.3 Å². The molecule has 0 aromatic carbocycles. The molecular weight excluding hydrogens is 411 g/mol. The number of thiazole rings is 1. The summed E-state index contributed by atoms with van der Waals surface area (Å²) in [6.45, 7) is 2.66. The maximum atomic E-state index is 14.7. The third kappa shape index (κ3) is 6.17. The normalized spacial score (nSPS) is 22.3. The van der Waals surface area contributed by atoms with Crippen LogP contribution in [0.2, 0.25) is 0 Å². The Labute approximate surface area is 169 Å². The summed E-state index contributed by atoms with van der Waals surface area (Å²) in [6.07, 6.45) is -2.40. The second-order valence-electron chi connectivity index (χ2n) is 7.06. The molecule has 11 heteroatoms. The van der Waals surface area contributed by atoms with Gasteiger partial charge in [-0.25, -0.2) is 23.1 Å². The van der Waals surface area contributed by atoms with E-state index in [4.69, 9.17) is 14.2 Å². The fraction of sp³-hybridized carbons (Fsp3) is 0.611. The Hall–Kier alpha value is -2.14. The Morgan fingerprint density at radius 2 is 2.07 bits per heavy atom. The van der Waals surface area contributed by atoms with Crippen molar-refractivity contribution in [2.24, 2.45) is 0 Å². The van der Waals surface area contributed by atoms with Gasteiger partial charge in [-0.2, -0.15) is 0 Å². The molecule has 0 saturated heterocycles. The molecule has 29 heavy (non-hydrogen) atoms. The number of carbonyl (C=O) groups is 1. The summed E-state index contributed by atoms with van der Waals surface area (Å²) in [4.78, 5) is 19.7. The molecule has 2 heterocycles. The number of rotatable bonds is 10. The standard InChI is InChI=1S/C18H22F3N3O4S/c1-10(22-11(2)25)7-26-12-5-18(21,6-12)9-28-15-4-3-13-16(24-15)29-17(23-13)27-8-14(19)20/h3-4,10,12,14H,5-9H2,1-2H3,(H,22,25)/t10-,12-,18+/m0/s1. The van der Waals surface area contributed by atoms with Gasteiger partial charge in [-0.05, 0) is 13.0 Å². The largest absolute Gasteiger partial charge is 0.474 e. The Kier molecular flexibility index (Phi) is 6.78. The number of carbonyl (C=O) groups excluding carboxylic acids is 1. The number of ether oxygens (including phenoxy) is 3. The van der Waals surface area contributed by atoms with E-state index in [1.54, 1.807) is 12.1 Å². The zero-order chi connectivity index (χ0) is 21.0. The minimum absolute atomic E-state index is 0.0967. The van der Waals surface area contributed by atoms with Crippen LogP contribution in [-0.2, 0) is 9.53 Å². The maximum absolute atomic E-state index is 14.7. The van der Waals surface area contributed by atoms with Crippen molar-refractivity contribution in [1.82, 2.24) is 15.3 Å². The molecule has 1 aliphatic carbocycles. The van der Waals surface area contributed by atoms with Crippen LogP contribution in [0, 0.1) is 0 Å². The highest BCUT2D eigenvalue weighted by Crippen LogP contribution is 2.39. The van der Waals surface area contributed by atoms with E-state index in [0.29, 0.717) is 17.0 Å². The van der Waals surface area contributed by atoms with Gasteiger partial charge in [0.15, 0.2) is 11.4 Å². The van der Waals surface area contributed by atoms with Crippen LogP contribution in [-0.4, -0.2) is 59.9 Å². The van der Waals surface area contributed by atoms with Gasteiger partial charge < -0.3 is 19.5 Å². The van der Waals surface area contributed by atoms with Crippen LogP contribution in [0.15, 0.2) is 12.1 Å². The van der Waals surface area contributed by atoms with Crippen LogP contribution in [0.5, 0.6) is 11.1 Å². The summed E-state index contributed by atoms with van der Waals surface area (Å²) in [5.41, 5.74) is -1.01. The SMILES string of the molecule is CC(=O)N[C@@H](C)CO[C@H]1C[C@](F)(COc2ccc3nc(OCC(F)F)sc3n2)C1. The lowest BCUT2D eigenvalue weighted by molar-refractivity contribution is -0.125. The molecule has 1 saturated carbocycles. The Balaban J connectivity index is 1.45. The van der Waals surface area contributed by atoms with E-state index in [9.17, 15) is 18.0 Å². The highest BCUT2D eigenvalue weighted by atomic mass is 32.1. The molecule has 1 aliphatic rings. The molecule has 0 radical (unpaired) electrons. The number of hydrogen-bond donors (Lipinski definition) is 1. The van der Waals surface area contributed by atoms with Crippen molar-refractivity contribution < 1.29 is 32.2 Å². The monoisotopic (exact) mass is 433 g/mol. The third-order valence-electron chi connectivity index (χ3n) is 4.24. The lowest BCUT2D eigenvalue weighted by Gasteiger charge is -2.40. The summed E-state index contributed by atoms with van der Waals surface area (Å²) < 4.78 is 55.0. The van der Waals surface area contributed by atoms with Crippen LogP contribution in [0.1, 0.15) is 26.7 Å². The van der Waals surface area contributed by atoms with E-state index >= 15 is 0 Å². The molecule has 0 spiro atoms. The first-order valence-corrected chi connectivity index (χ1v) is 9.93. The van der Waals surface area contributed by atoms with Crippen molar-refractivity contribution >= 4 is 27.6 Å². The van der Waals surface area contributed by atoms with Crippen LogP contribution < -0.4 is 14.8 Å². The summed E-state index contributed by atoms with van der Waals surface area (Å²) in [5, 5.41) is 2.80. The Morgan fingerprint density at radius 1 is 1.31 bits per heavy atom. The van der Waals surface area contributed by atoms with Crippen molar-refractivity contribution in [2.75, 3.05) is 19.8 Å². The predicted octanol–water partition coefficient (Wildman–Crippen LogP) is 3.13.